The quantitative estimate of drug-likeness (QED) is 0.788. The Bertz CT molecular complexity index is 223. The van der Waals surface area contributed by atoms with Gasteiger partial charge in [-0.3, -0.25) is 0 Å². The lowest BCUT2D eigenvalue weighted by atomic mass is 9.78. The van der Waals surface area contributed by atoms with E-state index in [2.05, 4.69) is 10.2 Å². The van der Waals surface area contributed by atoms with Crippen LogP contribution in [0.25, 0.3) is 0 Å². The molecule has 2 heteroatoms. The second kappa shape index (κ2) is 5.05. The van der Waals surface area contributed by atoms with Gasteiger partial charge in [0.25, 0.3) is 0 Å². The molecule has 1 aliphatic carbocycles. The molecule has 3 fully saturated rings. The Labute approximate surface area is 99.8 Å². The van der Waals surface area contributed by atoms with Crippen LogP contribution in [0.5, 0.6) is 0 Å². The monoisotopic (exact) mass is 222 g/mol. The summed E-state index contributed by atoms with van der Waals surface area (Å²) in [5.74, 6) is 2.05. The van der Waals surface area contributed by atoms with E-state index < -0.39 is 0 Å². The fourth-order valence-corrected chi connectivity index (χ4v) is 3.91. The molecule has 1 saturated carbocycles. The van der Waals surface area contributed by atoms with Gasteiger partial charge in [-0.05, 0) is 70.1 Å². The Morgan fingerprint density at radius 2 is 1.81 bits per heavy atom. The summed E-state index contributed by atoms with van der Waals surface area (Å²) in [4.78, 5) is 2.84. The minimum Gasteiger partial charge on any atom is -0.316 e. The number of likely N-dealkylation sites (tertiary alicyclic amines) is 1. The maximum atomic E-state index is 3.39. The minimum atomic E-state index is 0.968. The van der Waals surface area contributed by atoms with E-state index in [9.17, 15) is 0 Å². The van der Waals surface area contributed by atoms with Crippen LogP contribution in [0.2, 0.25) is 0 Å². The predicted octanol–water partition coefficient (Wildman–Crippen LogP) is 2.25. The van der Waals surface area contributed by atoms with Gasteiger partial charge in [0.2, 0.25) is 0 Å². The lowest BCUT2D eigenvalue weighted by Gasteiger charge is -2.45. The van der Waals surface area contributed by atoms with Crippen LogP contribution in [0.3, 0.4) is 0 Å². The zero-order valence-corrected chi connectivity index (χ0v) is 10.5. The van der Waals surface area contributed by atoms with Gasteiger partial charge in [-0.15, -0.1) is 0 Å². The van der Waals surface area contributed by atoms with Crippen molar-refractivity contribution < 1.29 is 0 Å². The van der Waals surface area contributed by atoms with Crippen LogP contribution < -0.4 is 5.32 Å². The standard InChI is InChI=1S/C14H26N2/c1-2-6-14-13(4-1)5-3-8-16(14)9-7-12-10-15-11-12/h12-15H,1-11H2/t13-,14-/m1/s1. The molecule has 2 nitrogen and oxygen atoms in total. The Morgan fingerprint density at radius 3 is 2.62 bits per heavy atom. The molecule has 2 aliphatic heterocycles. The number of nitrogens with zero attached hydrogens (tertiary/aromatic N) is 1. The van der Waals surface area contributed by atoms with E-state index in [1.807, 2.05) is 0 Å². The largest absolute Gasteiger partial charge is 0.316 e. The van der Waals surface area contributed by atoms with Crippen LogP contribution in [0.4, 0.5) is 0 Å². The second-order valence-corrected chi connectivity index (χ2v) is 6.10. The molecule has 2 atom stereocenters. The summed E-state index contributed by atoms with van der Waals surface area (Å²) in [6.45, 7) is 5.33. The molecular formula is C14H26N2. The topological polar surface area (TPSA) is 15.3 Å². The summed E-state index contributed by atoms with van der Waals surface area (Å²) >= 11 is 0. The summed E-state index contributed by atoms with van der Waals surface area (Å²) in [6, 6.07) is 0.968. The van der Waals surface area contributed by atoms with Crippen molar-refractivity contribution in [2.24, 2.45) is 11.8 Å². The first kappa shape index (κ1) is 11.0. The molecule has 3 aliphatic rings. The molecule has 2 saturated heterocycles. The highest BCUT2D eigenvalue weighted by molar-refractivity contribution is 4.88. The molecule has 0 amide bonds. The molecular weight excluding hydrogens is 196 g/mol. The fraction of sp³-hybridized carbons (Fsp3) is 1.00. The molecule has 0 aromatic carbocycles. The number of rotatable bonds is 3. The molecule has 1 N–H and O–H groups in total. The van der Waals surface area contributed by atoms with Crippen LogP contribution in [0.1, 0.15) is 44.9 Å². The summed E-state index contributed by atoms with van der Waals surface area (Å²) in [6.07, 6.45) is 10.4. The molecule has 0 unspecified atom stereocenters. The van der Waals surface area contributed by atoms with E-state index >= 15 is 0 Å². The van der Waals surface area contributed by atoms with E-state index in [1.54, 1.807) is 0 Å². The first-order valence-corrected chi connectivity index (χ1v) is 7.38. The van der Waals surface area contributed by atoms with Crippen LogP contribution >= 0.6 is 0 Å². The van der Waals surface area contributed by atoms with Crippen molar-refractivity contribution in [3.8, 4) is 0 Å². The maximum Gasteiger partial charge on any atom is 0.0123 e. The molecule has 0 aromatic heterocycles. The Kier molecular flexibility index (Phi) is 3.49. The molecule has 3 rings (SSSR count). The van der Waals surface area contributed by atoms with Gasteiger partial charge in [-0.25, -0.2) is 0 Å². The van der Waals surface area contributed by atoms with Crippen molar-refractivity contribution in [2.45, 2.75) is 51.0 Å². The van der Waals surface area contributed by atoms with Crippen LogP contribution in [-0.2, 0) is 0 Å². The number of fused-ring (bicyclic) bond motifs is 1. The Hall–Kier alpha value is -0.0800. The maximum absolute atomic E-state index is 3.39. The first-order chi connectivity index (χ1) is 7.93. The zero-order valence-electron chi connectivity index (χ0n) is 10.5. The van der Waals surface area contributed by atoms with E-state index in [1.165, 1.54) is 71.1 Å². The van der Waals surface area contributed by atoms with Gasteiger partial charge in [0.1, 0.15) is 0 Å². The van der Waals surface area contributed by atoms with Gasteiger partial charge in [0.05, 0.1) is 0 Å². The van der Waals surface area contributed by atoms with Gasteiger partial charge in [-0.1, -0.05) is 12.8 Å². The Balaban J connectivity index is 1.51. The highest BCUT2D eigenvalue weighted by atomic mass is 15.2. The summed E-state index contributed by atoms with van der Waals surface area (Å²) in [5.41, 5.74) is 0. The summed E-state index contributed by atoms with van der Waals surface area (Å²) < 4.78 is 0. The van der Waals surface area contributed by atoms with Crippen LogP contribution in [-0.4, -0.2) is 37.1 Å². The number of nitrogens with one attached hydrogen (secondary N) is 1. The highest BCUT2D eigenvalue weighted by Gasteiger charge is 2.33. The normalized spacial score (nSPS) is 36.8. The van der Waals surface area contributed by atoms with Crippen molar-refractivity contribution >= 4 is 0 Å². The first-order valence-electron chi connectivity index (χ1n) is 7.38. The summed E-state index contributed by atoms with van der Waals surface area (Å²) in [7, 11) is 0. The smallest absolute Gasteiger partial charge is 0.0123 e. The van der Waals surface area contributed by atoms with Crippen molar-refractivity contribution in [1.29, 1.82) is 0 Å². The third-order valence-electron chi connectivity index (χ3n) is 5.05. The molecule has 0 bridgehead atoms. The molecule has 92 valence electrons. The molecule has 16 heavy (non-hydrogen) atoms. The molecule has 0 radical (unpaired) electrons. The average molecular weight is 222 g/mol. The van der Waals surface area contributed by atoms with Gasteiger partial charge in [0.15, 0.2) is 0 Å². The van der Waals surface area contributed by atoms with Gasteiger partial charge in [-0.2, -0.15) is 0 Å². The lowest BCUT2D eigenvalue weighted by Crippen LogP contribution is -2.49. The molecule has 0 aromatic rings. The van der Waals surface area contributed by atoms with E-state index in [4.69, 9.17) is 0 Å². The van der Waals surface area contributed by atoms with E-state index in [0.29, 0.717) is 0 Å². The van der Waals surface area contributed by atoms with Crippen molar-refractivity contribution in [3.63, 3.8) is 0 Å². The molecule has 0 spiro atoms. The van der Waals surface area contributed by atoms with Crippen LogP contribution in [0.15, 0.2) is 0 Å². The number of piperidine rings is 1. The highest BCUT2D eigenvalue weighted by Crippen LogP contribution is 2.35. The van der Waals surface area contributed by atoms with E-state index in [0.717, 1.165) is 17.9 Å². The van der Waals surface area contributed by atoms with E-state index in [-0.39, 0.29) is 0 Å². The van der Waals surface area contributed by atoms with Crippen molar-refractivity contribution in [3.05, 3.63) is 0 Å². The average Bonchev–Trinajstić information content (AvgIpc) is 2.27. The van der Waals surface area contributed by atoms with Crippen LogP contribution in [0, 0.1) is 11.8 Å². The third kappa shape index (κ3) is 2.28. The van der Waals surface area contributed by atoms with Crippen molar-refractivity contribution in [2.75, 3.05) is 26.2 Å². The predicted molar refractivity (Wildman–Crippen MR) is 67.5 cm³/mol. The fourth-order valence-electron chi connectivity index (χ4n) is 3.91. The molecule has 2 heterocycles. The lowest BCUT2D eigenvalue weighted by molar-refractivity contribution is 0.0539. The zero-order chi connectivity index (χ0) is 10.8. The number of hydrogen-bond donors (Lipinski definition) is 1. The van der Waals surface area contributed by atoms with Gasteiger partial charge in [0, 0.05) is 6.04 Å². The second-order valence-electron chi connectivity index (χ2n) is 6.10. The minimum absolute atomic E-state index is 0.968. The third-order valence-corrected chi connectivity index (χ3v) is 5.05. The van der Waals surface area contributed by atoms with Gasteiger partial charge < -0.3 is 10.2 Å². The Morgan fingerprint density at radius 1 is 1.00 bits per heavy atom. The van der Waals surface area contributed by atoms with Crippen molar-refractivity contribution in [1.82, 2.24) is 10.2 Å². The SMILES string of the molecule is C1CC[C@@H]2[C@H](C1)CCCN2CCC1CNC1. The summed E-state index contributed by atoms with van der Waals surface area (Å²) in [5, 5.41) is 3.39. The van der Waals surface area contributed by atoms with Gasteiger partial charge >= 0.3 is 0 Å². The number of hydrogen-bond acceptors (Lipinski definition) is 2.